The molecular weight excluding hydrogens is 889 g/mol. The number of carbonyl (C=O) groups is 2. The van der Waals surface area contributed by atoms with E-state index in [1.807, 2.05) is 98.8 Å². The number of hydrogen-bond acceptors (Lipinski definition) is 8. The second-order valence-electron chi connectivity index (χ2n) is 18.0. The Morgan fingerprint density at radius 3 is 1.04 bits per heavy atom. The zero-order valence-corrected chi connectivity index (χ0v) is 41.1. The van der Waals surface area contributed by atoms with Crippen LogP contribution >= 0.6 is 0 Å². The van der Waals surface area contributed by atoms with Crippen molar-refractivity contribution in [1.29, 1.82) is 0 Å². The summed E-state index contributed by atoms with van der Waals surface area (Å²) in [5, 5.41) is 38.0. The van der Waals surface area contributed by atoms with Crippen molar-refractivity contribution in [2.45, 2.75) is 62.8 Å². The monoisotopic (exact) mass is 950 g/mol. The molecule has 10 nitrogen and oxygen atoms in total. The lowest BCUT2D eigenvalue weighted by Gasteiger charge is -2.43. The Morgan fingerprint density at radius 1 is 0.437 bits per heavy atom. The fourth-order valence-electron chi connectivity index (χ4n) is 10.3. The Bertz CT molecular complexity index is 2830. The molecule has 2 atom stereocenters. The molecule has 0 saturated heterocycles. The third-order valence-electron chi connectivity index (χ3n) is 13.9. The van der Waals surface area contributed by atoms with Crippen LogP contribution in [0.5, 0.6) is 23.0 Å². The van der Waals surface area contributed by atoms with Crippen molar-refractivity contribution in [1.82, 2.24) is 10.6 Å². The molecule has 0 radical (unpaired) electrons. The highest BCUT2D eigenvalue weighted by molar-refractivity contribution is 6.06. The maximum Gasteiger partial charge on any atom is 0.236 e. The molecule has 8 rings (SSSR count). The summed E-state index contributed by atoms with van der Waals surface area (Å²) in [5.74, 6) is 0.800. The van der Waals surface area contributed by atoms with Gasteiger partial charge in [-0.2, -0.15) is 0 Å². The van der Waals surface area contributed by atoms with E-state index in [0.717, 1.165) is 21.5 Å². The van der Waals surface area contributed by atoms with Crippen molar-refractivity contribution in [2.24, 2.45) is 5.41 Å². The first-order valence-corrected chi connectivity index (χ1v) is 24.1. The minimum Gasteiger partial charge on any atom is -0.497 e. The second kappa shape index (κ2) is 21.5. The summed E-state index contributed by atoms with van der Waals surface area (Å²) in [6.07, 6.45) is 1.17. The Balaban J connectivity index is 1.36. The van der Waals surface area contributed by atoms with E-state index in [-0.39, 0.29) is 12.8 Å². The standard InChI is InChI=1S/C61H62N2O8/c1-7-35-59(36-8-2,57(64)62-55(53-33-13-21-41-19-9-11-31-51(41)53)60(66,43-23-15-27-47(37-43)68-3)44-24-16-28-48(38-44)69-4)58(65)63-56(54-34-14-22-42-20-10-12-32-52(42)54)61(67,45-25-17-29-49(39-45)70-5)46-26-18-30-50(40-46)71-6/h9-34,37-40,55-56,66-67H,7-8,35-36H2,1-6H3,(H,62,64)(H,63,65)/t55-,56-/m0/s1. The molecule has 0 aliphatic rings. The van der Waals surface area contributed by atoms with Crippen LogP contribution in [0.15, 0.2) is 182 Å². The number of aliphatic hydroxyl groups is 2. The lowest BCUT2D eigenvalue weighted by molar-refractivity contribution is -0.148. The van der Waals surface area contributed by atoms with Gasteiger partial charge in [0.15, 0.2) is 0 Å². The number of nitrogens with one attached hydrogen (secondary N) is 2. The summed E-state index contributed by atoms with van der Waals surface area (Å²) < 4.78 is 22.9. The molecule has 8 aromatic carbocycles. The van der Waals surface area contributed by atoms with Crippen molar-refractivity contribution in [3.8, 4) is 23.0 Å². The molecule has 0 bridgehead atoms. The summed E-state index contributed by atoms with van der Waals surface area (Å²) in [4.78, 5) is 32.4. The molecule has 364 valence electrons. The Morgan fingerprint density at radius 2 is 0.732 bits per heavy atom. The molecule has 71 heavy (non-hydrogen) atoms. The summed E-state index contributed by atoms with van der Waals surface area (Å²) in [5.41, 5.74) is -2.77. The summed E-state index contributed by atoms with van der Waals surface area (Å²) >= 11 is 0. The highest BCUT2D eigenvalue weighted by atomic mass is 16.5. The molecule has 0 heterocycles. The molecule has 0 aromatic heterocycles. The fraction of sp³-hybridized carbons (Fsp3) is 0.246. The largest absolute Gasteiger partial charge is 0.497 e. The predicted molar refractivity (Wildman–Crippen MR) is 280 cm³/mol. The zero-order chi connectivity index (χ0) is 50.2. The number of amides is 2. The average Bonchev–Trinajstić information content (AvgIpc) is 3.42. The van der Waals surface area contributed by atoms with Gasteiger partial charge in [-0.15, -0.1) is 0 Å². The van der Waals surface area contributed by atoms with Crippen LogP contribution in [0.3, 0.4) is 0 Å². The highest BCUT2D eigenvalue weighted by Crippen LogP contribution is 2.48. The van der Waals surface area contributed by atoms with Gasteiger partial charge in [-0.3, -0.25) is 9.59 Å². The number of ether oxygens (including phenoxy) is 4. The number of fused-ring (bicyclic) bond motifs is 2. The normalized spacial score (nSPS) is 12.7. The van der Waals surface area contributed by atoms with Crippen LogP contribution < -0.4 is 29.6 Å². The van der Waals surface area contributed by atoms with E-state index in [1.165, 1.54) is 0 Å². The molecule has 2 amide bonds. The molecule has 0 aliphatic carbocycles. The molecule has 0 aliphatic heterocycles. The molecule has 4 N–H and O–H groups in total. The van der Waals surface area contributed by atoms with Gasteiger partial charge in [-0.1, -0.05) is 160 Å². The van der Waals surface area contributed by atoms with Crippen LogP contribution in [0.25, 0.3) is 21.5 Å². The van der Waals surface area contributed by atoms with Crippen molar-refractivity contribution >= 4 is 33.4 Å². The maximum absolute atomic E-state index is 16.2. The van der Waals surface area contributed by atoms with Crippen LogP contribution in [0.2, 0.25) is 0 Å². The smallest absolute Gasteiger partial charge is 0.236 e. The van der Waals surface area contributed by atoms with Gasteiger partial charge < -0.3 is 39.8 Å². The van der Waals surface area contributed by atoms with Crippen LogP contribution in [0, 0.1) is 5.41 Å². The molecule has 0 unspecified atom stereocenters. The second-order valence-corrected chi connectivity index (χ2v) is 18.0. The predicted octanol–water partition coefficient (Wildman–Crippen LogP) is 11.5. The summed E-state index contributed by atoms with van der Waals surface area (Å²) in [6, 6.07) is 53.4. The average molecular weight is 951 g/mol. The molecule has 0 saturated carbocycles. The van der Waals surface area contributed by atoms with E-state index in [4.69, 9.17) is 18.9 Å². The third-order valence-corrected chi connectivity index (χ3v) is 13.9. The fourth-order valence-corrected chi connectivity index (χ4v) is 10.3. The van der Waals surface area contributed by atoms with Crippen LogP contribution in [-0.2, 0) is 20.8 Å². The van der Waals surface area contributed by atoms with Gasteiger partial charge in [0.2, 0.25) is 11.8 Å². The minimum atomic E-state index is -1.99. The Labute approximate surface area is 416 Å². The van der Waals surface area contributed by atoms with Crippen LogP contribution in [0.1, 0.15) is 85.0 Å². The van der Waals surface area contributed by atoms with Crippen molar-refractivity contribution in [3.05, 3.63) is 215 Å². The number of methoxy groups -OCH3 is 4. The summed E-state index contributed by atoms with van der Waals surface area (Å²) in [7, 11) is 6.24. The van der Waals surface area contributed by atoms with Gasteiger partial charge in [-0.25, -0.2) is 0 Å². The van der Waals surface area contributed by atoms with Crippen LogP contribution in [0.4, 0.5) is 0 Å². The number of hydrogen-bond donors (Lipinski definition) is 4. The molecule has 0 fully saturated rings. The lowest BCUT2D eigenvalue weighted by Crippen LogP contribution is -2.57. The van der Waals surface area contributed by atoms with Crippen molar-refractivity contribution in [3.63, 3.8) is 0 Å². The maximum atomic E-state index is 16.2. The molecular formula is C61H62N2O8. The van der Waals surface area contributed by atoms with E-state index >= 15 is 9.59 Å². The SMILES string of the molecule is CCCC(CCC)(C(=O)N[C@@H](c1cccc2ccccc12)C(O)(c1cccc(OC)c1)c1cccc(OC)c1)C(=O)N[C@@H](c1cccc2ccccc12)C(O)(c1cccc(OC)c1)c1cccc(OC)c1. The number of carbonyl (C=O) groups excluding carboxylic acids is 2. The molecule has 10 heteroatoms. The van der Waals surface area contributed by atoms with Crippen molar-refractivity contribution < 1.29 is 38.7 Å². The highest BCUT2D eigenvalue weighted by Gasteiger charge is 2.52. The Kier molecular flexibility index (Phi) is 15.1. The first-order chi connectivity index (χ1) is 34.5. The first kappa shape index (κ1) is 49.8. The van der Waals surface area contributed by atoms with Gasteiger partial charge in [-0.05, 0) is 116 Å². The minimum absolute atomic E-state index is 0.135. The van der Waals surface area contributed by atoms with E-state index in [9.17, 15) is 10.2 Å². The third kappa shape index (κ3) is 9.53. The first-order valence-electron chi connectivity index (χ1n) is 24.1. The van der Waals surface area contributed by atoms with E-state index in [2.05, 4.69) is 10.6 Å². The van der Waals surface area contributed by atoms with Gasteiger partial charge in [0, 0.05) is 0 Å². The van der Waals surface area contributed by atoms with E-state index < -0.39 is 40.5 Å². The quantitative estimate of drug-likeness (QED) is 0.0555. The zero-order valence-electron chi connectivity index (χ0n) is 41.1. The topological polar surface area (TPSA) is 136 Å². The number of benzene rings is 8. The van der Waals surface area contributed by atoms with Gasteiger partial charge in [0.05, 0.1) is 40.5 Å². The van der Waals surface area contributed by atoms with E-state index in [1.54, 1.807) is 126 Å². The van der Waals surface area contributed by atoms with Gasteiger partial charge in [0.1, 0.15) is 39.6 Å². The molecule has 0 spiro atoms. The van der Waals surface area contributed by atoms with Crippen molar-refractivity contribution in [2.75, 3.05) is 28.4 Å². The summed E-state index contributed by atoms with van der Waals surface area (Å²) in [6.45, 7) is 3.89. The van der Waals surface area contributed by atoms with Crippen LogP contribution in [-0.4, -0.2) is 50.5 Å². The Hall–Kier alpha value is -7.66. The lowest BCUT2D eigenvalue weighted by atomic mass is 9.72. The van der Waals surface area contributed by atoms with Gasteiger partial charge in [0.25, 0.3) is 0 Å². The molecule has 8 aromatic rings. The van der Waals surface area contributed by atoms with E-state index in [0.29, 0.717) is 69.2 Å². The number of rotatable bonds is 20. The van der Waals surface area contributed by atoms with Gasteiger partial charge >= 0.3 is 0 Å².